The van der Waals surface area contributed by atoms with Gasteiger partial charge in [0.2, 0.25) is 0 Å². The van der Waals surface area contributed by atoms with E-state index in [1.807, 2.05) is 12.1 Å². The van der Waals surface area contributed by atoms with Gasteiger partial charge >= 0.3 is 0 Å². The molecule has 1 N–H and O–H groups in total. The zero-order chi connectivity index (χ0) is 13.7. The molecule has 2 heterocycles. The van der Waals surface area contributed by atoms with Crippen molar-refractivity contribution in [2.45, 2.75) is 26.2 Å². The molecular weight excluding hydrogens is 238 g/mol. The summed E-state index contributed by atoms with van der Waals surface area (Å²) in [4.78, 5) is 18.5. The van der Waals surface area contributed by atoms with E-state index in [9.17, 15) is 4.79 Å². The van der Waals surface area contributed by atoms with Crippen molar-refractivity contribution in [3.05, 3.63) is 29.6 Å². The first-order chi connectivity index (χ1) is 9.19. The van der Waals surface area contributed by atoms with Gasteiger partial charge in [0.25, 0.3) is 5.91 Å². The topological polar surface area (TPSA) is 45.2 Å². The van der Waals surface area contributed by atoms with E-state index in [0.29, 0.717) is 11.6 Å². The first-order valence-electron chi connectivity index (χ1n) is 7.10. The second-order valence-electron chi connectivity index (χ2n) is 5.36. The van der Waals surface area contributed by atoms with Crippen molar-refractivity contribution in [3.8, 4) is 0 Å². The molecule has 19 heavy (non-hydrogen) atoms. The third-order valence-corrected chi connectivity index (χ3v) is 3.86. The Morgan fingerprint density at radius 3 is 2.74 bits per heavy atom. The number of pyridine rings is 1. The van der Waals surface area contributed by atoms with Gasteiger partial charge in [-0.1, -0.05) is 13.0 Å². The van der Waals surface area contributed by atoms with Crippen LogP contribution in [-0.4, -0.2) is 42.5 Å². The Labute approximate surface area is 115 Å². The molecular formula is C15H23N3O. The molecule has 1 saturated heterocycles. The summed E-state index contributed by atoms with van der Waals surface area (Å²) < 4.78 is 0. The van der Waals surface area contributed by atoms with Gasteiger partial charge < -0.3 is 10.2 Å². The predicted molar refractivity (Wildman–Crippen MR) is 76.2 cm³/mol. The van der Waals surface area contributed by atoms with Crippen LogP contribution in [0.3, 0.4) is 0 Å². The number of hydrogen-bond acceptors (Lipinski definition) is 3. The number of likely N-dealkylation sites (tertiary alicyclic amines) is 1. The first kappa shape index (κ1) is 14.0. The Bertz CT molecular complexity index is 408. The maximum absolute atomic E-state index is 12.0. The fourth-order valence-electron chi connectivity index (χ4n) is 2.36. The molecule has 1 aromatic heterocycles. The van der Waals surface area contributed by atoms with Crippen LogP contribution < -0.4 is 5.32 Å². The summed E-state index contributed by atoms with van der Waals surface area (Å²) in [6, 6.07) is 3.78. The van der Waals surface area contributed by atoms with E-state index in [-0.39, 0.29) is 5.91 Å². The Kier molecular flexibility index (Phi) is 4.91. The number of nitrogens with zero attached hydrogens (tertiary/aromatic N) is 2. The summed E-state index contributed by atoms with van der Waals surface area (Å²) in [6.45, 7) is 5.11. The smallest absolute Gasteiger partial charge is 0.269 e. The van der Waals surface area contributed by atoms with Crippen LogP contribution in [-0.2, 0) is 6.42 Å². The van der Waals surface area contributed by atoms with E-state index in [1.165, 1.54) is 12.8 Å². The van der Waals surface area contributed by atoms with Gasteiger partial charge in [-0.25, -0.2) is 0 Å². The van der Waals surface area contributed by atoms with Crippen molar-refractivity contribution in [1.82, 2.24) is 15.2 Å². The third kappa shape index (κ3) is 4.03. The van der Waals surface area contributed by atoms with Crippen LogP contribution in [0.15, 0.2) is 18.3 Å². The van der Waals surface area contributed by atoms with Crippen molar-refractivity contribution in [1.29, 1.82) is 0 Å². The van der Waals surface area contributed by atoms with Gasteiger partial charge in [-0.3, -0.25) is 9.78 Å². The van der Waals surface area contributed by atoms with Crippen LogP contribution in [0.25, 0.3) is 0 Å². The molecule has 0 saturated carbocycles. The molecule has 0 bridgehead atoms. The molecule has 1 amide bonds. The molecule has 1 aliphatic rings. The van der Waals surface area contributed by atoms with Crippen LogP contribution in [0.4, 0.5) is 0 Å². The number of piperidine rings is 1. The molecule has 0 aromatic carbocycles. The van der Waals surface area contributed by atoms with E-state index in [4.69, 9.17) is 0 Å². The number of carbonyl (C=O) groups is 1. The van der Waals surface area contributed by atoms with Crippen LogP contribution in [0.2, 0.25) is 0 Å². The highest BCUT2D eigenvalue weighted by Gasteiger charge is 2.17. The second-order valence-corrected chi connectivity index (χ2v) is 5.36. The summed E-state index contributed by atoms with van der Waals surface area (Å²) in [7, 11) is 2.15. The number of rotatable bonds is 4. The highest BCUT2D eigenvalue weighted by Crippen LogP contribution is 2.14. The summed E-state index contributed by atoms with van der Waals surface area (Å²) in [6.07, 6.45) is 5.06. The molecule has 1 aromatic rings. The van der Waals surface area contributed by atoms with E-state index in [1.54, 1.807) is 6.20 Å². The van der Waals surface area contributed by atoms with E-state index in [0.717, 1.165) is 31.6 Å². The fourth-order valence-corrected chi connectivity index (χ4v) is 2.36. The summed E-state index contributed by atoms with van der Waals surface area (Å²) in [5.74, 6) is 0.552. The molecule has 0 spiro atoms. The lowest BCUT2D eigenvalue weighted by Gasteiger charge is -2.28. The van der Waals surface area contributed by atoms with Crippen molar-refractivity contribution in [2.24, 2.45) is 5.92 Å². The van der Waals surface area contributed by atoms with Gasteiger partial charge in [-0.05, 0) is 56.9 Å². The van der Waals surface area contributed by atoms with Crippen molar-refractivity contribution in [2.75, 3.05) is 26.7 Å². The lowest BCUT2D eigenvalue weighted by atomic mass is 9.97. The molecule has 0 radical (unpaired) electrons. The molecule has 0 atom stereocenters. The summed E-state index contributed by atoms with van der Waals surface area (Å²) in [5, 5.41) is 3.00. The molecule has 1 fully saturated rings. The van der Waals surface area contributed by atoms with Crippen LogP contribution in [0.5, 0.6) is 0 Å². The Hall–Kier alpha value is -1.42. The normalized spacial score (nSPS) is 17.4. The molecule has 2 rings (SSSR count). The Morgan fingerprint density at radius 1 is 1.42 bits per heavy atom. The highest BCUT2D eigenvalue weighted by molar-refractivity contribution is 5.92. The number of carbonyl (C=O) groups excluding carboxylic acids is 1. The lowest BCUT2D eigenvalue weighted by Crippen LogP contribution is -2.37. The van der Waals surface area contributed by atoms with Crippen molar-refractivity contribution < 1.29 is 4.79 Å². The van der Waals surface area contributed by atoms with E-state index in [2.05, 4.69) is 29.2 Å². The van der Waals surface area contributed by atoms with Gasteiger partial charge in [0.15, 0.2) is 0 Å². The summed E-state index contributed by atoms with van der Waals surface area (Å²) >= 11 is 0. The number of hydrogen-bond donors (Lipinski definition) is 1. The largest absolute Gasteiger partial charge is 0.350 e. The van der Waals surface area contributed by atoms with E-state index < -0.39 is 0 Å². The van der Waals surface area contributed by atoms with Crippen LogP contribution in [0.1, 0.15) is 35.8 Å². The third-order valence-electron chi connectivity index (χ3n) is 3.86. The van der Waals surface area contributed by atoms with Gasteiger partial charge in [-0.2, -0.15) is 0 Å². The van der Waals surface area contributed by atoms with E-state index >= 15 is 0 Å². The Balaban J connectivity index is 1.80. The number of nitrogens with one attached hydrogen (secondary N) is 1. The second kappa shape index (κ2) is 6.66. The quantitative estimate of drug-likeness (QED) is 0.897. The predicted octanol–water partition coefficient (Wildman–Crippen LogP) is 1.72. The molecule has 4 nitrogen and oxygen atoms in total. The van der Waals surface area contributed by atoms with Gasteiger partial charge in [-0.15, -0.1) is 0 Å². The van der Waals surface area contributed by atoms with Crippen LogP contribution >= 0.6 is 0 Å². The molecule has 0 unspecified atom stereocenters. The average Bonchev–Trinajstić information content (AvgIpc) is 2.46. The van der Waals surface area contributed by atoms with Crippen molar-refractivity contribution >= 4 is 5.91 Å². The van der Waals surface area contributed by atoms with Crippen LogP contribution in [0, 0.1) is 5.92 Å². The lowest BCUT2D eigenvalue weighted by molar-refractivity contribution is 0.0934. The average molecular weight is 261 g/mol. The molecule has 1 aliphatic heterocycles. The molecule has 4 heteroatoms. The minimum Gasteiger partial charge on any atom is -0.350 e. The number of amides is 1. The Morgan fingerprint density at radius 2 is 2.16 bits per heavy atom. The molecule has 104 valence electrons. The van der Waals surface area contributed by atoms with Gasteiger partial charge in [0.1, 0.15) is 5.69 Å². The zero-order valence-corrected chi connectivity index (χ0v) is 11.9. The SMILES string of the molecule is CCc1ccc(C(=O)NCC2CCN(C)CC2)nc1. The monoisotopic (exact) mass is 261 g/mol. The fraction of sp³-hybridized carbons (Fsp3) is 0.600. The van der Waals surface area contributed by atoms with Gasteiger partial charge in [0, 0.05) is 12.7 Å². The minimum atomic E-state index is -0.0541. The minimum absolute atomic E-state index is 0.0541. The van der Waals surface area contributed by atoms with Gasteiger partial charge in [0.05, 0.1) is 0 Å². The maximum Gasteiger partial charge on any atom is 0.269 e. The standard InChI is InChI=1S/C15H23N3O/c1-3-12-4-5-14(16-10-12)15(19)17-11-13-6-8-18(2)9-7-13/h4-5,10,13H,3,6-9,11H2,1-2H3,(H,17,19). The molecule has 0 aliphatic carbocycles. The maximum atomic E-state index is 12.0. The summed E-state index contributed by atoms with van der Waals surface area (Å²) in [5.41, 5.74) is 1.68. The number of aromatic nitrogens is 1. The van der Waals surface area contributed by atoms with Crippen molar-refractivity contribution in [3.63, 3.8) is 0 Å². The zero-order valence-electron chi connectivity index (χ0n) is 11.9. The number of aryl methyl sites for hydroxylation is 1. The highest BCUT2D eigenvalue weighted by atomic mass is 16.1. The first-order valence-corrected chi connectivity index (χ1v) is 7.10.